The van der Waals surface area contributed by atoms with E-state index >= 15 is 0 Å². The summed E-state index contributed by atoms with van der Waals surface area (Å²) in [4.78, 5) is 0. The van der Waals surface area contributed by atoms with E-state index < -0.39 is 18.0 Å². The van der Waals surface area contributed by atoms with Crippen molar-refractivity contribution in [3.8, 4) is 0 Å². The van der Waals surface area contributed by atoms with E-state index in [1.165, 1.54) is 0 Å². The Hall–Kier alpha value is -0.0000000000000000555. The second kappa shape index (κ2) is 4.17. The van der Waals surface area contributed by atoms with Gasteiger partial charge in [-0.15, -0.1) is 0 Å². The van der Waals surface area contributed by atoms with Crippen molar-refractivity contribution >= 4 is 11.4 Å². The van der Waals surface area contributed by atoms with Gasteiger partial charge in [-0.2, -0.15) is 0 Å². The quantitative estimate of drug-likeness (QED) is 0.492. The summed E-state index contributed by atoms with van der Waals surface area (Å²) in [5.74, 6) is 0. The van der Waals surface area contributed by atoms with Gasteiger partial charge in [0.05, 0.1) is 18.0 Å². The molecule has 1 unspecified atom stereocenters. The fourth-order valence-electron chi connectivity index (χ4n) is 0.0995. The van der Waals surface area contributed by atoms with E-state index in [1.54, 1.807) is 0 Å². The van der Waals surface area contributed by atoms with Crippen LogP contribution in [-0.4, -0.2) is 22.0 Å². The number of halogens is 1. The first-order chi connectivity index (χ1) is 3.27. The Bertz CT molecular complexity index is 66.0. The summed E-state index contributed by atoms with van der Waals surface area (Å²) in [7, 11) is 0. The van der Waals surface area contributed by atoms with E-state index in [2.05, 4.69) is 4.18 Å². The van der Waals surface area contributed by atoms with Crippen molar-refractivity contribution in [2.24, 2.45) is 0 Å². The van der Waals surface area contributed by atoms with Crippen LogP contribution in [0.1, 0.15) is 0 Å². The molecule has 0 aromatic heterocycles. The summed E-state index contributed by atoms with van der Waals surface area (Å²) < 4.78 is 33.4. The molecule has 5 heteroatoms. The average molecular weight is 127 g/mol. The molecular formula is C2H4FO3S-. The number of hydrogen-bond acceptors (Lipinski definition) is 3. The van der Waals surface area contributed by atoms with Crippen molar-refractivity contribution in [2.45, 2.75) is 0 Å². The molecule has 44 valence electrons. The van der Waals surface area contributed by atoms with Crippen LogP contribution >= 0.6 is 0 Å². The van der Waals surface area contributed by atoms with Crippen LogP contribution in [0, 0.1) is 0 Å². The van der Waals surface area contributed by atoms with Crippen LogP contribution in [0.2, 0.25) is 0 Å². The summed E-state index contributed by atoms with van der Waals surface area (Å²) in [6.45, 7) is -1.15. The SMILES string of the molecule is O=S([O-])OCCF. The van der Waals surface area contributed by atoms with E-state index in [1.807, 2.05) is 0 Å². The molecule has 0 saturated carbocycles. The zero-order chi connectivity index (χ0) is 5.70. The van der Waals surface area contributed by atoms with Crippen LogP contribution in [0.25, 0.3) is 0 Å². The maximum absolute atomic E-state index is 11.0. The van der Waals surface area contributed by atoms with Gasteiger partial charge in [0.2, 0.25) is 0 Å². The predicted octanol–water partition coefficient (Wildman–Crippen LogP) is -0.233. The predicted molar refractivity (Wildman–Crippen MR) is 20.8 cm³/mol. The molecule has 1 atom stereocenters. The van der Waals surface area contributed by atoms with Crippen LogP contribution in [-0.2, 0) is 15.5 Å². The van der Waals surface area contributed by atoms with Gasteiger partial charge in [-0.25, -0.2) is 8.60 Å². The Morgan fingerprint density at radius 3 is 2.57 bits per heavy atom. The lowest BCUT2D eigenvalue weighted by Crippen LogP contribution is -1.98. The molecule has 0 aliphatic heterocycles. The fraction of sp³-hybridized carbons (Fsp3) is 1.00. The van der Waals surface area contributed by atoms with E-state index in [0.29, 0.717) is 0 Å². The normalized spacial score (nSPS) is 14.0. The van der Waals surface area contributed by atoms with Gasteiger partial charge >= 0.3 is 0 Å². The molecule has 0 aliphatic carbocycles. The Balaban J connectivity index is 2.82. The van der Waals surface area contributed by atoms with Crippen LogP contribution < -0.4 is 0 Å². The maximum atomic E-state index is 11.0. The topological polar surface area (TPSA) is 49.4 Å². The van der Waals surface area contributed by atoms with Gasteiger partial charge in [0.15, 0.2) is 0 Å². The lowest BCUT2D eigenvalue weighted by Gasteiger charge is -2.00. The van der Waals surface area contributed by atoms with Crippen molar-refractivity contribution < 1.29 is 17.3 Å². The van der Waals surface area contributed by atoms with Crippen molar-refractivity contribution in [2.75, 3.05) is 13.3 Å². The van der Waals surface area contributed by atoms with Crippen LogP contribution in [0.5, 0.6) is 0 Å². The van der Waals surface area contributed by atoms with Gasteiger partial charge in [0, 0.05) is 0 Å². The molecule has 0 aromatic rings. The molecule has 3 nitrogen and oxygen atoms in total. The van der Waals surface area contributed by atoms with Crippen LogP contribution in [0.4, 0.5) is 4.39 Å². The molecule has 0 saturated heterocycles. The largest absolute Gasteiger partial charge is 0.750 e. The first-order valence-electron chi connectivity index (χ1n) is 1.56. The smallest absolute Gasteiger partial charge is 0.114 e. The minimum Gasteiger partial charge on any atom is -0.750 e. The van der Waals surface area contributed by atoms with Crippen molar-refractivity contribution in [1.29, 1.82) is 0 Å². The molecule has 0 aliphatic rings. The van der Waals surface area contributed by atoms with Crippen LogP contribution in [0.3, 0.4) is 0 Å². The molecule has 0 N–H and O–H groups in total. The molecule has 0 rings (SSSR count). The van der Waals surface area contributed by atoms with Gasteiger partial charge < -0.3 is 4.55 Å². The Labute approximate surface area is 43.0 Å². The molecule has 0 heterocycles. The van der Waals surface area contributed by atoms with E-state index in [4.69, 9.17) is 0 Å². The van der Waals surface area contributed by atoms with Gasteiger partial charge in [0.25, 0.3) is 0 Å². The standard InChI is InChI=1S/C2H5FO3S/c3-1-2-6-7(4)5/h1-2H2,(H,4,5)/p-1. The number of rotatable bonds is 3. The van der Waals surface area contributed by atoms with Crippen LogP contribution in [0.15, 0.2) is 0 Å². The highest BCUT2D eigenvalue weighted by molar-refractivity contribution is 7.74. The first-order valence-corrected chi connectivity index (χ1v) is 2.56. The number of hydrogen-bond donors (Lipinski definition) is 0. The third-order valence-corrected chi connectivity index (χ3v) is 0.616. The molecular weight excluding hydrogens is 123 g/mol. The maximum Gasteiger partial charge on any atom is 0.114 e. The minimum absolute atomic E-state index is 0.379. The minimum atomic E-state index is -2.56. The van der Waals surface area contributed by atoms with E-state index in [0.717, 1.165) is 0 Å². The molecule has 0 bridgehead atoms. The summed E-state index contributed by atoms with van der Waals surface area (Å²) in [6.07, 6.45) is 0. The van der Waals surface area contributed by atoms with Gasteiger partial charge in [-0.05, 0) is 0 Å². The number of alkyl halides is 1. The molecule has 0 aromatic carbocycles. The highest BCUT2D eigenvalue weighted by Crippen LogP contribution is 1.76. The highest BCUT2D eigenvalue weighted by Gasteiger charge is 1.80. The van der Waals surface area contributed by atoms with Gasteiger partial charge in [0.1, 0.15) is 6.67 Å². The van der Waals surface area contributed by atoms with Crippen molar-refractivity contribution in [1.82, 2.24) is 0 Å². The Kier molecular flexibility index (Phi) is 4.17. The molecule has 7 heavy (non-hydrogen) atoms. The fourth-order valence-corrected chi connectivity index (χ4v) is 0.299. The monoisotopic (exact) mass is 127 g/mol. The zero-order valence-corrected chi connectivity index (χ0v) is 4.24. The zero-order valence-electron chi connectivity index (χ0n) is 3.43. The summed E-state index contributed by atoms with van der Waals surface area (Å²) in [5, 5.41) is 0. The van der Waals surface area contributed by atoms with Crippen molar-refractivity contribution in [3.05, 3.63) is 0 Å². The second-order valence-electron chi connectivity index (χ2n) is 0.715. The average Bonchev–Trinajstić information content (AvgIpc) is 1.61. The van der Waals surface area contributed by atoms with E-state index in [-0.39, 0.29) is 6.61 Å². The van der Waals surface area contributed by atoms with Gasteiger partial charge in [-0.3, -0.25) is 4.18 Å². The van der Waals surface area contributed by atoms with Crippen molar-refractivity contribution in [3.63, 3.8) is 0 Å². The highest BCUT2D eigenvalue weighted by atomic mass is 32.2. The van der Waals surface area contributed by atoms with Gasteiger partial charge in [-0.1, -0.05) is 0 Å². The second-order valence-corrected chi connectivity index (χ2v) is 1.36. The summed E-state index contributed by atoms with van der Waals surface area (Å²) in [6, 6.07) is 0. The third-order valence-electron chi connectivity index (χ3n) is 0.257. The summed E-state index contributed by atoms with van der Waals surface area (Å²) in [5.41, 5.74) is 0. The lowest BCUT2D eigenvalue weighted by atomic mass is 10.9. The summed E-state index contributed by atoms with van der Waals surface area (Å²) >= 11 is -2.56. The Morgan fingerprint density at radius 1 is 1.86 bits per heavy atom. The lowest BCUT2D eigenvalue weighted by molar-refractivity contribution is 0.265. The molecule has 0 fully saturated rings. The molecule has 0 amide bonds. The molecule has 0 radical (unpaired) electrons. The third kappa shape index (κ3) is 6.00. The molecule has 0 spiro atoms. The first kappa shape index (κ1) is 7.00. The van der Waals surface area contributed by atoms with E-state index in [9.17, 15) is 13.2 Å². The Morgan fingerprint density at radius 2 is 2.43 bits per heavy atom.